The quantitative estimate of drug-likeness (QED) is 0.476. The molecule has 0 radical (unpaired) electrons. The molecule has 1 heterocycles. The summed E-state index contributed by atoms with van der Waals surface area (Å²) in [7, 11) is 0. The van der Waals surface area contributed by atoms with Crippen LogP contribution < -0.4 is 16.2 Å². The van der Waals surface area contributed by atoms with Gasteiger partial charge < -0.3 is 10.6 Å². The maximum atomic E-state index is 12.3. The third-order valence-corrected chi connectivity index (χ3v) is 6.13. The highest BCUT2D eigenvalue weighted by atomic mass is 35.5. The van der Waals surface area contributed by atoms with Crippen LogP contribution in [0.4, 0.5) is 11.4 Å². The zero-order valence-electron chi connectivity index (χ0n) is 16.5. The Bertz CT molecular complexity index is 1190. The summed E-state index contributed by atoms with van der Waals surface area (Å²) in [5.74, 6) is 0.252. The first kappa shape index (κ1) is 21.7. The van der Waals surface area contributed by atoms with Crippen LogP contribution in [0.5, 0.6) is 0 Å². The van der Waals surface area contributed by atoms with Gasteiger partial charge in [-0.3, -0.25) is 9.59 Å². The summed E-state index contributed by atoms with van der Waals surface area (Å²) >= 11 is 18.2. The van der Waals surface area contributed by atoms with Crippen LogP contribution in [0.15, 0.2) is 53.5 Å². The van der Waals surface area contributed by atoms with Crippen molar-refractivity contribution in [1.82, 2.24) is 9.78 Å². The van der Waals surface area contributed by atoms with Gasteiger partial charge in [-0.1, -0.05) is 46.9 Å². The topological polar surface area (TPSA) is 76.0 Å². The Hall–Kier alpha value is -2.54. The smallest absolute Gasteiger partial charge is 0.291 e. The molecule has 1 fully saturated rings. The summed E-state index contributed by atoms with van der Waals surface area (Å²) in [6, 6.07) is 12.8. The summed E-state index contributed by atoms with van der Waals surface area (Å²) in [6.45, 7) is 2.01. The van der Waals surface area contributed by atoms with Crippen molar-refractivity contribution >= 4 is 52.1 Å². The first-order chi connectivity index (χ1) is 14.8. The molecule has 1 unspecified atom stereocenters. The molecule has 1 aliphatic rings. The lowest BCUT2D eigenvalue weighted by Crippen LogP contribution is -2.21. The number of carbonyl (C=O) groups is 1. The summed E-state index contributed by atoms with van der Waals surface area (Å²) in [4.78, 5) is 24.2. The van der Waals surface area contributed by atoms with Crippen molar-refractivity contribution in [2.75, 3.05) is 10.6 Å². The molecule has 1 aromatic heterocycles. The fraction of sp³-hybridized carbons (Fsp3) is 0.227. The highest BCUT2D eigenvalue weighted by molar-refractivity contribution is 6.41. The largest absolute Gasteiger partial charge is 0.377 e. The third kappa shape index (κ3) is 4.87. The molecule has 3 aromatic rings. The molecule has 160 valence electrons. The van der Waals surface area contributed by atoms with E-state index in [2.05, 4.69) is 15.7 Å². The van der Waals surface area contributed by atoms with Crippen molar-refractivity contribution in [3.8, 4) is 5.69 Å². The first-order valence-corrected chi connectivity index (χ1v) is 10.9. The Labute approximate surface area is 194 Å². The number of nitrogens with zero attached hydrogens (tertiary/aromatic N) is 2. The lowest BCUT2D eigenvalue weighted by atomic mass is 10.1. The molecule has 0 spiro atoms. The maximum Gasteiger partial charge on any atom is 0.291 e. The molecular formula is C22H19Cl3N4O2. The zero-order chi connectivity index (χ0) is 22.1. The average Bonchev–Trinajstić information content (AvgIpc) is 3.60. The number of halogens is 3. The highest BCUT2D eigenvalue weighted by Gasteiger charge is 2.29. The summed E-state index contributed by atoms with van der Waals surface area (Å²) in [5.41, 5.74) is 2.48. The second kappa shape index (κ2) is 8.91. The Morgan fingerprint density at radius 3 is 2.45 bits per heavy atom. The molecule has 6 nitrogen and oxygen atoms in total. The van der Waals surface area contributed by atoms with Gasteiger partial charge in [-0.2, -0.15) is 9.78 Å². The van der Waals surface area contributed by atoms with Gasteiger partial charge in [-0.05, 0) is 55.7 Å². The fourth-order valence-corrected chi connectivity index (χ4v) is 3.59. The van der Waals surface area contributed by atoms with E-state index >= 15 is 0 Å². The minimum atomic E-state index is -0.520. The molecular weight excluding hydrogens is 459 g/mol. The van der Waals surface area contributed by atoms with Gasteiger partial charge in [0.15, 0.2) is 0 Å². The standard InChI is InChI=1S/C22H19Cl3N4O2/c1-12(13-4-6-15(7-5-13)28-21(30)14-2-3-14)27-19-9-8-16(10-17(19)23)29-22(31)20(25)18(24)11-26-29/h4-12,14,27H,2-3H2,1H3,(H,28,30). The molecule has 1 saturated carbocycles. The van der Waals surface area contributed by atoms with E-state index < -0.39 is 5.56 Å². The molecule has 31 heavy (non-hydrogen) atoms. The van der Waals surface area contributed by atoms with Crippen molar-refractivity contribution in [3.05, 3.63) is 79.6 Å². The number of benzene rings is 2. The number of rotatable bonds is 6. The molecule has 1 amide bonds. The van der Waals surface area contributed by atoms with Crippen molar-refractivity contribution in [1.29, 1.82) is 0 Å². The van der Waals surface area contributed by atoms with Crippen LogP contribution in [0.3, 0.4) is 0 Å². The van der Waals surface area contributed by atoms with Crippen molar-refractivity contribution in [2.24, 2.45) is 5.92 Å². The van der Waals surface area contributed by atoms with Crippen LogP contribution in [-0.4, -0.2) is 15.7 Å². The number of hydrogen-bond acceptors (Lipinski definition) is 4. The molecule has 0 bridgehead atoms. The maximum absolute atomic E-state index is 12.3. The summed E-state index contributed by atoms with van der Waals surface area (Å²) in [5, 5.41) is 10.7. The minimum Gasteiger partial charge on any atom is -0.377 e. The van der Waals surface area contributed by atoms with Crippen LogP contribution in [-0.2, 0) is 4.79 Å². The van der Waals surface area contributed by atoms with Gasteiger partial charge in [0, 0.05) is 17.6 Å². The highest BCUT2D eigenvalue weighted by Crippen LogP contribution is 2.31. The molecule has 1 aliphatic carbocycles. The lowest BCUT2D eigenvalue weighted by molar-refractivity contribution is -0.117. The van der Waals surface area contributed by atoms with Crippen LogP contribution in [0.25, 0.3) is 5.69 Å². The van der Waals surface area contributed by atoms with Gasteiger partial charge in [-0.25, -0.2) is 0 Å². The number of carbonyl (C=O) groups excluding carboxylic acids is 1. The third-order valence-electron chi connectivity index (χ3n) is 5.07. The number of hydrogen-bond donors (Lipinski definition) is 2. The number of nitrogens with one attached hydrogen (secondary N) is 2. The normalized spacial score (nSPS) is 14.2. The van der Waals surface area contributed by atoms with E-state index in [1.165, 1.54) is 6.20 Å². The van der Waals surface area contributed by atoms with Crippen molar-refractivity contribution in [3.63, 3.8) is 0 Å². The van der Waals surface area contributed by atoms with Gasteiger partial charge in [0.1, 0.15) is 5.02 Å². The summed E-state index contributed by atoms with van der Waals surface area (Å²) in [6.07, 6.45) is 3.25. The minimum absolute atomic E-state index is 0.0395. The van der Waals surface area contributed by atoms with E-state index in [1.807, 2.05) is 31.2 Å². The lowest BCUT2D eigenvalue weighted by Gasteiger charge is -2.18. The van der Waals surface area contributed by atoms with E-state index in [-0.39, 0.29) is 27.9 Å². The summed E-state index contributed by atoms with van der Waals surface area (Å²) < 4.78 is 1.14. The van der Waals surface area contributed by atoms with Gasteiger partial charge in [-0.15, -0.1) is 0 Å². The first-order valence-electron chi connectivity index (χ1n) is 9.74. The van der Waals surface area contributed by atoms with Gasteiger partial charge >= 0.3 is 0 Å². The zero-order valence-corrected chi connectivity index (χ0v) is 18.8. The Kier molecular flexibility index (Phi) is 6.23. The molecule has 0 aliphatic heterocycles. The van der Waals surface area contributed by atoms with Crippen LogP contribution >= 0.6 is 34.8 Å². The predicted octanol–water partition coefficient (Wildman–Crippen LogP) is 5.71. The monoisotopic (exact) mass is 476 g/mol. The molecule has 1 atom stereocenters. The predicted molar refractivity (Wildman–Crippen MR) is 125 cm³/mol. The fourth-order valence-electron chi connectivity index (χ4n) is 3.11. The van der Waals surface area contributed by atoms with Gasteiger partial charge in [0.25, 0.3) is 5.56 Å². The average molecular weight is 478 g/mol. The Balaban J connectivity index is 1.47. The Morgan fingerprint density at radius 1 is 1.10 bits per heavy atom. The van der Waals surface area contributed by atoms with Crippen LogP contribution in [0, 0.1) is 5.92 Å². The second-order valence-corrected chi connectivity index (χ2v) is 8.63. The van der Waals surface area contributed by atoms with E-state index in [4.69, 9.17) is 34.8 Å². The number of anilines is 2. The van der Waals surface area contributed by atoms with E-state index in [9.17, 15) is 9.59 Å². The second-order valence-electron chi connectivity index (χ2n) is 7.44. The molecule has 2 N–H and O–H groups in total. The molecule has 2 aromatic carbocycles. The van der Waals surface area contributed by atoms with Crippen LogP contribution in [0.1, 0.15) is 31.4 Å². The SMILES string of the molecule is CC(Nc1ccc(-n2ncc(Cl)c(Cl)c2=O)cc1Cl)c1ccc(NC(=O)C2CC2)cc1. The van der Waals surface area contributed by atoms with E-state index in [0.29, 0.717) is 16.4 Å². The van der Waals surface area contributed by atoms with Crippen LogP contribution in [0.2, 0.25) is 15.1 Å². The van der Waals surface area contributed by atoms with E-state index in [1.54, 1.807) is 18.2 Å². The number of aromatic nitrogens is 2. The van der Waals surface area contributed by atoms with Crippen molar-refractivity contribution < 1.29 is 4.79 Å². The molecule has 9 heteroatoms. The molecule has 4 rings (SSSR count). The van der Waals surface area contributed by atoms with Gasteiger partial charge in [0.2, 0.25) is 5.91 Å². The number of amides is 1. The molecule has 0 saturated heterocycles. The van der Waals surface area contributed by atoms with E-state index in [0.717, 1.165) is 28.8 Å². The Morgan fingerprint density at radius 2 is 1.81 bits per heavy atom. The van der Waals surface area contributed by atoms with Gasteiger partial charge in [0.05, 0.1) is 27.6 Å². The van der Waals surface area contributed by atoms with Crippen molar-refractivity contribution in [2.45, 2.75) is 25.8 Å².